The van der Waals surface area contributed by atoms with Crippen molar-refractivity contribution in [3.63, 3.8) is 0 Å². The molecule has 0 spiro atoms. The van der Waals surface area contributed by atoms with Gasteiger partial charge in [-0.15, -0.1) is 0 Å². The van der Waals surface area contributed by atoms with E-state index in [1.54, 1.807) is 0 Å². The summed E-state index contributed by atoms with van der Waals surface area (Å²) in [7, 11) is 4.02. The average molecular weight is 157 g/mol. The van der Waals surface area contributed by atoms with Gasteiger partial charge in [0.25, 0.3) is 0 Å². The largest absolute Gasteiger partial charge is 0.446 e. The second-order valence-corrected chi connectivity index (χ2v) is 3.14. The normalized spacial score (nSPS) is 23.8. The Morgan fingerprint density at radius 3 is 2.64 bits per heavy atom. The molecular weight excluding hydrogens is 140 g/mol. The Hall–Kier alpha value is -0.730. The van der Waals surface area contributed by atoms with Gasteiger partial charge in [0.15, 0.2) is 0 Å². The molecule has 0 bridgehead atoms. The quantitative estimate of drug-likeness (QED) is 0.510. The predicted octanol–water partition coefficient (Wildman–Crippen LogP) is 0.355. The summed E-state index contributed by atoms with van der Waals surface area (Å²) in [6.07, 6.45) is 0.340. The van der Waals surface area contributed by atoms with Crippen molar-refractivity contribution in [1.29, 1.82) is 0 Å². The average Bonchev–Trinajstić information content (AvgIpc) is 2.30. The van der Waals surface area contributed by atoms with Gasteiger partial charge in [-0.2, -0.15) is 0 Å². The predicted molar refractivity (Wildman–Crippen MR) is 44.9 cm³/mol. The van der Waals surface area contributed by atoms with Crippen molar-refractivity contribution < 1.29 is 9.31 Å². The van der Waals surface area contributed by atoms with E-state index in [9.17, 15) is 0 Å². The Morgan fingerprint density at radius 2 is 2.27 bits per heavy atom. The van der Waals surface area contributed by atoms with Gasteiger partial charge >= 0.3 is 6.02 Å². The van der Waals surface area contributed by atoms with Gasteiger partial charge in [-0.25, -0.2) is 9.48 Å². The maximum absolute atomic E-state index is 5.59. The van der Waals surface area contributed by atoms with Crippen LogP contribution in [0.4, 0.5) is 0 Å². The van der Waals surface area contributed by atoms with Gasteiger partial charge in [0.05, 0.1) is 20.6 Å². The van der Waals surface area contributed by atoms with Crippen molar-refractivity contribution in [2.45, 2.75) is 20.0 Å². The number of amidine groups is 1. The number of rotatable bonds is 1. The molecule has 1 unspecified atom stereocenters. The molecule has 0 aromatic rings. The molecule has 1 fully saturated rings. The lowest BCUT2D eigenvalue weighted by Gasteiger charge is -2.05. The molecule has 3 heteroatoms. The maximum atomic E-state index is 5.59. The standard InChI is InChI=1S/C8H17N2O/c1-5-10-6-7(2)11-8(10)9(3)4/h7H,5-6H2,1-4H3/q+1. The van der Waals surface area contributed by atoms with Crippen LogP contribution in [0.2, 0.25) is 0 Å². The van der Waals surface area contributed by atoms with E-state index < -0.39 is 0 Å². The Labute approximate surface area is 68.3 Å². The van der Waals surface area contributed by atoms with Crippen molar-refractivity contribution in [2.24, 2.45) is 0 Å². The molecule has 1 atom stereocenters. The molecule has 1 aliphatic rings. The van der Waals surface area contributed by atoms with Crippen molar-refractivity contribution in [3.8, 4) is 0 Å². The zero-order valence-corrected chi connectivity index (χ0v) is 7.79. The zero-order valence-electron chi connectivity index (χ0n) is 7.79. The van der Waals surface area contributed by atoms with Gasteiger partial charge in [0, 0.05) is 0 Å². The van der Waals surface area contributed by atoms with E-state index in [2.05, 4.69) is 18.7 Å². The highest BCUT2D eigenvalue weighted by molar-refractivity contribution is 5.70. The van der Waals surface area contributed by atoms with Crippen LogP contribution in [0.3, 0.4) is 0 Å². The lowest BCUT2D eigenvalue weighted by molar-refractivity contribution is -0.479. The minimum Gasteiger partial charge on any atom is -0.424 e. The zero-order chi connectivity index (χ0) is 8.43. The van der Waals surface area contributed by atoms with E-state index in [0.29, 0.717) is 6.10 Å². The fraction of sp³-hybridized carbons (Fsp3) is 0.875. The molecule has 1 heterocycles. The van der Waals surface area contributed by atoms with Crippen LogP contribution in [0.5, 0.6) is 0 Å². The minimum atomic E-state index is 0.340. The Morgan fingerprint density at radius 1 is 1.64 bits per heavy atom. The number of hydrogen-bond donors (Lipinski definition) is 0. The highest BCUT2D eigenvalue weighted by Gasteiger charge is 2.32. The third kappa shape index (κ3) is 1.64. The summed E-state index contributed by atoms with van der Waals surface area (Å²) in [4.78, 5) is 2.24. The van der Waals surface area contributed by atoms with E-state index >= 15 is 0 Å². The summed E-state index contributed by atoms with van der Waals surface area (Å²) in [6.45, 7) is 6.28. The van der Waals surface area contributed by atoms with E-state index in [0.717, 1.165) is 19.1 Å². The van der Waals surface area contributed by atoms with Crippen LogP contribution in [-0.2, 0) is 4.74 Å². The Bertz CT molecular complexity index is 173. The summed E-state index contributed by atoms with van der Waals surface area (Å²) < 4.78 is 7.62. The number of hydrogen-bond acceptors (Lipinski definition) is 1. The fourth-order valence-electron chi connectivity index (χ4n) is 1.33. The van der Waals surface area contributed by atoms with E-state index in [1.807, 2.05) is 18.7 Å². The van der Waals surface area contributed by atoms with Crippen molar-refractivity contribution in [1.82, 2.24) is 4.90 Å². The molecule has 3 nitrogen and oxygen atoms in total. The molecule has 1 rings (SSSR count). The molecule has 0 radical (unpaired) electrons. The van der Waals surface area contributed by atoms with Gasteiger partial charge in [-0.3, -0.25) is 0 Å². The lowest BCUT2D eigenvalue weighted by atomic mass is 10.4. The third-order valence-corrected chi connectivity index (χ3v) is 1.82. The second kappa shape index (κ2) is 3.11. The minimum absolute atomic E-state index is 0.340. The second-order valence-electron chi connectivity index (χ2n) is 3.14. The van der Waals surface area contributed by atoms with Crippen molar-refractivity contribution >= 4 is 6.02 Å². The van der Waals surface area contributed by atoms with Gasteiger partial charge in [0.2, 0.25) is 0 Å². The molecule has 1 aliphatic heterocycles. The molecule has 0 N–H and O–H groups in total. The fourth-order valence-corrected chi connectivity index (χ4v) is 1.33. The van der Waals surface area contributed by atoms with Crippen molar-refractivity contribution in [2.75, 3.05) is 27.2 Å². The molecular formula is C8H17N2O+. The van der Waals surface area contributed by atoms with E-state index in [1.165, 1.54) is 0 Å². The monoisotopic (exact) mass is 157 g/mol. The van der Waals surface area contributed by atoms with Crippen LogP contribution in [0.15, 0.2) is 0 Å². The first-order chi connectivity index (χ1) is 5.15. The Kier molecular flexibility index (Phi) is 2.37. The van der Waals surface area contributed by atoms with Gasteiger partial charge in [-0.1, -0.05) is 0 Å². The first kappa shape index (κ1) is 8.37. The molecule has 0 amide bonds. The number of likely N-dealkylation sites (N-methyl/N-ethyl adjacent to an activating group) is 1. The summed E-state index contributed by atoms with van der Waals surface area (Å²) in [5, 5.41) is 0. The van der Waals surface area contributed by atoms with Crippen molar-refractivity contribution in [3.05, 3.63) is 0 Å². The highest BCUT2D eigenvalue weighted by atomic mass is 16.5. The smallest absolute Gasteiger partial charge is 0.424 e. The molecule has 0 aliphatic carbocycles. The third-order valence-electron chi connectivity index (χ3n) is 1.82. The van der Waals surface area contributed by atoms with Crippen LogP contribution in [-0.4, -0.2) is 48.8 Å². The van der Waals surface area contributed by atoms with Crippen LogP contribution in [0, 0.1) is 0 Å². The van der Waals surface area contributed by atoms with Crippen LogP contribution >= 0.6 is 0 Å². The highest BCUT2D eigenvalue weighted by Crippen LogP contribution is 2.08. The van der Waals surface area contributed by atoms with E-state index in [4.69, 9.17) is 4.74 Å². The molecule has 11 heavy (non-hydrogen) atoms. The molecule has 64 valence electrons. The SMILES string of the molecule is CCN1CC(C)OC1=[N+](C)C. The summed E-state index contributed by atoms with van der Waals surface area (Å²) in [5.74, 6) is 0. The lowest BCUT2D eigenvalue weighted by Crippen LogP contribution is -2.31. The van der Waals surface area contributed by atoms with Crippen LogP contribution < -0.4 is 0 Å². The summed E-state index contributed by atoms with van der Waals surface area (Å²) in [5.41, 5.74) is 0. The summed E-state index contributed by atoms with van der Waals surface area (Å²) >= 11 is 0. The molecule has 0 saturated carbocycles. The first-order valence-electron chi connectivity index (χ1n) is 4.11. The van der Waals surface area contributed by atoms with Gasteiger partial charge in [0.1, 0.15) is 12.6 Å². The molecule has 0 aromatic heterocycles. The number of ether oxygens (including phenoxy) is 1. The molecule has 1 saturated heterocycles. The molecule has 0 aromatic carbocycles. The summed E-state index contributed by atoms with van der Waals surface area (Å²) in [6, 6.07) is 1.00. The topological polar surface area (TPSA) is 15.5 Å². The maximum Gasteiger partial charge on any atom is 0.446 e. The van der Waals surface area contributed by atoms with Crippen LogP contribution in [0.1, 0.15) is 13.8 Å². The Balaban J connectivity index is 2.73. The van der Waals surface area contributed by atoms with E-state index in [-0.39, 0.29) is 0 Å². The number of nitrogens with zero attached hydrogens (tertiary/aromatic N) is 2. The first-order valence-corrected chi connectivity index (χ1v) is 4.11. The van der Waals surface area contributed by atoms with Crippen LogP contribution in [0.25, 0.3) is 0 Å². The van der Waals surface area contributed by atoms with Gasteiger partial charge < -0.3 is 4.74 Å². The van der Waals surface area contributed by atoms with Gasteiger partial charge in [-0.05, 0) is 13.8 Å².